The number of rotatable bonds is 4. The lowest BCUT2D eigenvalue weighted by molar-refractivity contribution is -0.124. The molecule has 1 rings (SSSR count). The van der Waals surface area contributed by atoms with Crippen molar-refractivity contribution in [3.05, 3.63) is 16.1 Å². The molecular weight excluding hydrogens is 228 g/mol. The van der Waals surface area contributed by atoms with E-state index < -0.39 is 5.97 Å². The molecule has 0 aromatic carbocycles. The van der Waals surface area contributed by atoms with E-state index in [0.717, 1.165) is 0 Å². The SMILES string of the molecule is COC(=O)c1csc(CNC(=O)C(C)C)n1. The first-order chi connectivity index (χ1) is 7.54. The highest BCUT2D eigenvalue weighted by atomic mass is 32.1. The van der Waals surface area contributed by atoms with Gasteiger partial charge in [-0.2, -0.15) is 0 Å². The summed E-state index contributed by atoms with van der Waals surface area (Å²) in [6.07, 6.45) is 0. The highest BCUT2D eigenvalue weighted by Crippen LogP contribution is 2.10. The van der Waals surface area contributed by atoms with Crippen molar-refractivity contribution in [1.29, 1.82) is 0 Å². The fraction of sp³-hybridized carbons (Fsp3) is 0.500. The number of nitrogens with one attached hydrogen (secondary N) is 1. The second-order valence-electron chi connectivity index (χ2n) is 3.49. The number of amides is 1. The Bertz CT molecular complexity index is 387. The van der Waals surface area contributed by atoms with Crippen LogP contribution < -0.4 is 5.32 Å². The van der Waals surface area contributed by atoms with Crippen LogP contribution in [0.25, 0.3) is 0 Å². The van der Waals surface area contributed by atoms with Gasteiger partial charge in [-0.3, -0.25) is 4.79 Å². The zero-order valence-corrected chi connectivity index (χ0v) is 10.3. The van der Waals surface area contributed by atoms with Crippen LogP contribution in [0.15, 0.2) is 5.38 Å². The summed E-state index contributed by atoms with van der Waals surface area (Å²) in [5.41, 5.74) is 0.279. The molecule has 1 amide bonds. The van der Waals surface area contributed by atoms with E-state index in [1.54, 1.807) is 5.38 Å². The van der Waals surface area contributed by atoms with Crippen molar-refractivity contribution >= 4 is 23.2 Å². The van der Waals surface area contributed by atoms with Crippen molar-refractivity contribution in [2.24, 2.45) is 5.92 Å². The number of thiazole rings is 1. The summed E-state index contributed by atoms with van der Waals surface area (Å²) in [6.45, 7) is 3.98. The topological polar surface area (TPSA) is 68.3 Å². The molecule has 88 valence electrons. The van der Waals surface area contributed by atoms with E-state index in [9.17, 15) is 9.59 Å². The normalized spacial score (nSPS) is 10.2. The number of ether oxygens (including phenoxy) is 1. The summed E-state index contributed by atoms with van der Waals surface area (Å²) >= 11 is 1.32. The molecule has 0 radical (unpaired) electrons. The molecule has 0 bridgehead atoms. The van der Waals surface area contributed by atoms with Crippen molar-refractivity contribution in [3.63, 3.8) is 0 Å². The minimum Gasteiger partial charge on any atom is -0.464 e. The van der Waals surface area contributed by atoms with E-state index in [-0.39, 0.29) is 17.5 Å². The van der Waals surface area contributed by atoms with Gasteiger partial charge in [0.25, 0.3) is 0 Å². The molecule has 1 N–H and O–H groups in total. The number of methoxy groups -OCH3 is 1. The first-order valence-electron chi connectivity index (χ1n) is 4.85. The molecule has 0 saturated carbocycles. The van der Waals surface area contributed by atoms with Gasteiger partial charge in [-0.15, -0.1) is 11.3 Å². The predicted octanol–water partition coefficient (Wildman–Crippen LogP) is 1.20. The maximum atomic E-state index is 11.3. The van der Waals surface area contributed by atoms with E-state index >= 15 is 0 Å². The predicted molar refractivity (Wildman–Crippen MR) is 60.1 cm³/mol. The fourth-order valence-corrected chi connectivity index (χ4v) is 1.66. The quantitative estimate of drug-likeness (QED) is 0.806. The number of carbonyl (C=O) groups is 2. The first kappa shape index (κ1) is 12.6. The van der Waals surface area contributed by atoms with Crippen LogP contribution in [0.3, 0.4) is 0 Å². The van der Waals surface area contributed by atoms with E-state index in [0.29, 0.717) is 11.6 Å². The van der Waals surface area contributed by atoms with Crippen molar-refractivity contribution < 1.29 is 14.3 Å². The summed E-state index contributed by atoms with van der Waals surface area (Å²) in [5, 5.41) is 5.03. The minimum atomic E-state index is -0.460. The summed E-state index contributed by atoms with van der Waals surface area (Å²) in [4.78, 5) is 26.4. The lowest BCUT2D eigenvalue weighted by Gasteiger charge is -2.04. The van der Waals surface area contributed by atoms with Crippen LogP contribution in [-0.2, 0) is 16.1 Å². The minimum absolute atomic E-state index is 0.0326. The van der Waals surface area contributed by atoms with Gasteiger partial charge in [0, 0.05) is 11.3 Å². The molecule has 16 heavy (non-hydrogen) atoms. The zero-order chi connectivity index (χ0) is 12.1. The van der Waals surface area contributed by atoms with Crippen molar-refractivity contribution in [3.8, 4) is 0 Å². The number of hydrogen-bond acceptors (Lipinski definition) is 5. The van der Waals surface area contributed by atoms with Crippen LogP contribution in [0.5, 0.6) is 0 Å². The van der Waals surface area contributed by atoms with Gasteiger partial charge in [0.15, 0.2) is 5.69 Å². The Labute approximate surface area is 97.8 Å². The number of esters is 1. The van der Waals surface area contributed by atoms with Gasteiger partial charge in [0.1, 0.15) is 5.01 Å². The Hall–Kier alpha value is -1.43. The van der Waals surface area contributed by atoms with Crippen LogP contribution in [0.4, 0.5) is 0 Å². The highest BCUT2D eigenvalue weighted by Gasteiger charge is 2.12. The molecule has 1 heterocycles. The third kappa shape index (κ3) is 3.30. The van der Waals surface area contributed by atoms with Gasteiger partial charge in [0.05, 0.1) is 13.7 Å². The third-order valence-electron chi connectivity index (χ3n) is 1.88. The van der Waals surface area contributed by atoms with Crippen molar-refractivity contribution in [2.45, 2.75) is 20.4 Å². The standard InChI is InChI=1S/C10H14N2O3S/c1-6(2)9(13)11-4-8-12-7(5-16-8)10(14)15-3/h5-6H,4H2,1-3H3,(H,11,13). The Balaban J connectivity index is 2.53. The monoisotopic (exact) mass is 242 g/mol. The molecule has 0 atom stereocenters. The molecule has 0 aliphatic heterocycles. The second-order valence-corrected chi connectivity index (χ2v) is 4.43. The third-order valence-corrected chi connectivity index (χ3v) is 2.73. The maximum absolute atomic E-state index is 11.3. The van der Waals surface area contributed by atoms with Gasteiger partial charge in [0.2, 0.25) is 5.91 Å². The number of aromatic nitrogens is 1. The van der Waals surface area contributed by atoms with Crippen LogP contribution in [0.2, 0.25) is 0 Å². The number of hydrogen-bond donors (Lipinski definition) is 1. The Morgan fingerprint density at radius 1 is 1.56 bits per heavy atom. The Morgan fingerprint density at radius 2 is 2.25 bits per heavy atom. The molecule has 1 aromatic rings. The van der Waals surface area contributed by atoms with E-state index in [2.05, 4.69) is 15.0 Å². The van der Waals surface area contributed by atoms with Crippen LogP contribution in [0.1, 0.15) is 29.3 Å². The molecule has 0 saturated heterocycles. The van der Waals surface area contributed by atoms with Crippen LogP contribution in [0, 0.1) is 5.92 Å². The summed E-state index contributed by atoms with van der Waals surface area (Å²) in [6, 6.07) is 0. The zero-order valence-electron chi connectivity index (χ0n) is 9.44. The lowest BCUT2D eigenvalue weighted by atomic mass is 10.2. The fourth-order valence-electron chi connectivity index (χ4n) is 0.957. The van der Waals surface area contributed by atoms with Gasteiger partial charge in [-0.25, -0.2) is 9.78 Å². The maximum Gasteiger partial charge on any atom is 0.357 e. The first-order valence-corrected chi connectivity index (χ1v) is 5.73. The molecule has 0 aliphatic rings. The summed E-state index contributed by atoms with van der Waals surface area (Å²) < 4.78 is 4.53. The molecule has 6 heteroatoms. The smallest absolute Gasteiger partial charge is 0.357 e. The number of carbonyl (C=O) groups excluding carboxylic acids is 2. The highest BCUT2D eigenvalue weighted by molar-refractivity contribution is 7.09. The molecule has 5 nitrogen and oxygen atoms in total. The molecular formula is C10H14N2O3S. The Morgan fingerprint density at radius 3 is 2.81 bits per heavy atom. The molecule has 1 aromatic heterocycles. The van der Waals surface area contributed by atoms with Crippen molar-refractivity contribution in [1.82, 2.24) is 10.3 Å². The van der Waals surface area contributed by atoms with E-state index in [1.807, 2.05) is 13.8 Å². The van der Waals surface area contributed by atoms with Crippen LogP contribution in [-0.4, -0.2) is 24.0 Å². The molecule has 0 aliphatic carbocycles. The largest absolute Gasteiger partial charge is 0.464 e. The van der Waals surface area contributed by atoms with Gasteiger partial charge >= 0.3 is 5.97 Å². The second kappa shape index (κ2) is 5.60. The van der Waals surface area contributed by atoms with Gasteiger partial charge in [-0.1, -0.05) is 13.8 Å². The average Bonchev–Trinajstić information content (AvgIpc) is 2.73. The summed E-state index contributed by atoms with van der Waals surface area (Å²) in [7, 11) is 1.31. The van der Waals surface area contributed by atoms with E-state index in [4.69, 9.17) is 0 Å². The molecule has 0 unspecified atom stereocenters. The van der Waals surface area contributed by atoms with Crippen LogP contribution >= 0.6 is 11.3 Å². The number of nitrogens with zero attached hydrogens (tertiary/aromatic N) is 1. The Kier molecular flexibility index (Phi) is 4.42. The van der Waals surface area contributed by atoms with Gasteiger partial charge < -0.3 is 10.1 Å². The van der Waals surface area contributed by atoms with Crippen molar-refractivity contribution in [2.75, 3.05) is 7.11 Å². The average molecular weight is 242 g/mol. The summed E-state index contributed by atoms with van der Waals surface area (Å²) in [5.74, 6) is -0.549. The van der Waals surface area contributed by atoms with E-state index in [1.165, 1.54) is 18.4 Å². The van der Waals surface area contributed by atoms with Gasteiger partial charge in [-0.05, 0) is 0 Å². The lowest BCUT2D eigenvalue weighted by Crippen LogP contribution is -2.27. The molecule has 0 fully saturated rings. The molecule has 0 spiro atoms.